The molecule has 0 fully saturated rings. The second kappa shape index (κ2) is 10.8. The molecule has 1 unspecified atom stereocenters. The third-order valence-corrected chi connectivity index (χ3v) is 7.17. The smallest absolute Gasteiger partial charge is 0.341 e. The van der Waals surface area contributed by atoms with Crippen molar-refractivity contribution in [3.8, 4) is 0 Å². The summed E-state index contributed by atoms with van der Waals surface area (Å²) in [4.78, 5) is 25.6. The number of fused-ring (bicyclic) bond motifs is 1. The summed E-state index contributed by atoms with van der Waals surface area (Å²) >= 11 is 8.35. The van der Waals surface area contributed by atoms with Gasteiger partial charge in [-0.2, -0.15) is 0 Å². The topological polar surface area (TPSA) is 79.5 Å². The van der Waals surface area contributed by atoms with Gasteiger partial charge in [-0.3, -0.25) is 15.6 Å². The molecule has 3 rings (SSSR count). The minimum atomic E-state index is -0.367. The number of esters is 1. The molecule has 1 aromatic carbocycles. The second-order valence-corrected chi connectivity index (χ2v) is 9.65. The molecule has 3 N–H and O–H groups in total. The maximum Gasteiger partial charge on any atom is 0.341 e. The van der Waals surface area contributed by atoms with Gasteiger partial charge in [0.25, 0.3) is 0 Å². The fourth-order valence-corrected chi connectivity index (χ4v) is 5.70. The normalized spacial score (nSPS) is 15.1. The molecule has 160 valence electrons. The Labute approximate surface area is 190 Å². The quantitative estimate of drug-likeness (QED) is 0.340. The standard InChI is InChI=1S/C21H25N3O3S3/c1-13-8-9-15-16(10-13)30-19(18(15)20(26)27-2)22-21(28)24-23-17(25)12-29-11-14-6-4-3-5-7-14/h3-7,13H,8-12H2,1-2H3,(H,23,25)(H2,22,24,28). The van der Waals surface area contributed by atoms with E-state index in [0.717, 1.165) is 30.6 Å². The Kier molecular flexibility index (Phi) is 8.12. The first-order valence-corrected chi connectivity index (χ1v) is 12.1. The van der Waals surface area contributed by atoms with Gasteiger partial charge in [-0.05, 0) is 48.5 Å². The molecule has 0 aliphatic heterocycles. The predicted octanol–water partition coefficient (Wildman–Crippen LogP) is 3.91. The number of thioether (sulfide) groups is 1. The van der Waals surface area contributed by atoms with E-state index in [1.165, 1.54) is 40.6 Å². The van der Waals surface area contributed by atoms with Crippen molar-refractivity contribution in [1.29, 1.82) is 0 Å². The van der Waals surface area contributed by atoms with E-state index in [0.29, 0.717) is 22.2 Å². The molecule has 1 aromatic heterocycles. The van der Waals surface area contributed by atoms with Crippen LogP contribution in [0.5, 0.6) is 0 Å². The summed E-state index contributed by atoms with van der Waals surface area (Å²) in [6.45, 7) is 2.21. The highest BCUT2D eigenvalue weighted by Crippen LogP contribution is 2.39. The summed E-state index contributed by atoms with van der Waals surface area (Å²) < 4.78 is 4.98. The Balaban J connectivity index is 1.52. The lowest BCUT2D eigenvalue weighted by atomic mass is 9.88. The number of anilines is 1. The molecule has 0 radical (unpaired) electrons. The molecular formula is C21H25N3O3S3. The van der Waals surface area contributed by atoms with Gasteiger partial charge in [0.1, 0.15) is 5.00 Å². The van der Waals surface area contributed by atoms with Crippen LogP contribution in [0.4, 0.5) is 5.00 Å². The second-order valence-electron chi connectivity index (χ2n) is 7.15. The first-order valence-electron chi connectivity index (χ1n) is 9.68. The van der Waals surface area contributed by atoms with Crippen LogP contribution < -0.4 is 16.2 Å². The summed E-state index contributed by atoms with van der Waals surface area (Å²) in [6.07, 6.45) is 2.85. The van der Waals surface area contributed by atoms with E-state index in [1.54, 1.807) is 0 Å². The summed E-state index contributed by atoms with van der Waals surface area (Å²) in [5, 5.41) is 3.94. The highest BCUT2D eigenvalue weighted by Gasteiger charge is 2.28. The van der Waals surface area contributed by atoms with Gasteiger partial charge in [-0.1, -0.05) is 37.3 Å². The minimum absolute atomic E-state index is 0.174. The number of amides is 1. The van der Waals surface area contributed by atoms with Crippen LogP contribution in [0.25, 0.3) is 0 Å². The zero-order chi connectivity index (χ0) is 21.5. The highest BCUT2D eigenvalue weighted by molar-refractivity contribution is 7.99. The minimum Gasteiger partial charge on any atom is -0.465 e. The Hall–Kier alpha value is -2.10. The lowest BCUT2D eigenvalue weighted by Crippen LogP contribution is -2.44. The van der Waals surface area contributed by atoms with E-state index in [1.807, 2.05) is 30.3 Å². The molecule has 6 nitrogen and oxygen atoms in total. The molecule has 0 spiro atoms. The largest absolute Gasteiger partial charge is 0.465 e. The van der Waals surface area contributed by atoms with Gasteiger partial charge in [0, 0.05) is 10.6 Å². The first-order chi connectivity index (χ1) is 14.5. The van der Waals surface area contributed by atoms with E-state index >= 15 is 0 Å². The average Bonchev–Trinajstić information content (AvgIpc) is 3.09. The molecule has 2 aromatic rings. The van der Waals surface area contributed by atoms with Crippen molar-refractivity contribution in [1.82, 2.24) is 10.9 Å². The number of rotatable bonds is 6. The molecule has 0 saturated heterocycles. The van der Waals surface area contributed by atoms with Gasteiger partial charge in [-0.15, -0.1) is 23.1 Å². The lowest BCUT2D eigenvalue weighted by molar-refractivity contribution is -0.119. The molecule has 30 heavy (non-hydrogen) atoms. The van der Waals surface area contributed by atoms with Gasteiger partial charge in [0.2, 0.25) is 5.91 Å². The van der Waals surface area contributed by atoms with E-state index < -0.39 is 0 Å². The zero-order valence-corrected chi connectivity index (χ0v) is 19.4. The number of benzene rings is 1. The van der Waals surface area contributed by atoms with E-state index in [9.17, 15) is 9.59 Å². The number of hydrogen-bond donors (Lipinski definition) is 3. The monoisotopic (exact) mass is 463 g/mol. The summed E-state index contributed by atoms with van der Waals surface area (Å²) in [7, 11) is 1.38. The number of nitrogens with one attached hydrogen (secondary N) is 3. The predicted molar refractivity (Wildman–Crippen MR) is 127 cm³/mol. The highest BCUT2D eigenvalue weighted by atomic mass is 32.2. The number of hydrogen-bond acceptors (Lipinski definition) is 6. The van der Waals surface area contributed by atoms with Crippen LogP contribution in [0, 0.1) is 5.92 Å². The Morgan fingerprint density at radius 2 is 2.03 bits per heavy atom. The number of hydrazine groups is 1. The van der Waals surface area contributed by atoms with Crippen molar-refractivity contribution in [2.24, 2.45) is 5.92 Å². The van der Waals surface area contributed by atoms with Crippen LogP contribution in [-0.4, -0.2) is 29.9 Å². The maximum absolute atomic E-state index is 12.3. The van der Waals surface area contributed by atoms with Crippen LogP contribution in [0.15, 0.2) is 30.3 Å². The Bertz CT molecular complexity index is 915. The van der Waals surface area contributed by atoms with E-state index in [2.05, 4.69) is 23.1 Å². The van der Waals surface area contributed by atoms with Crippen molar-refractivity contribution in [3.05, 3.63) is 51.9 Å². The number of carbonyl (C=O) groups is 2. The van der Waals surface area contributed by atoms with Gasteiger partial charge in [0.15, 0.2) is 5.11 Å². The van der Waals surface area contributed by atoms with E-state index in [-0.39, 0.29) is 17.0 Å². The zero-order valence-electron chi connectivity index (χ0n) is 16.9. The summed E-state index contributed by atoms with van der Waals surface area (Å²) in [5.74, 6) is 1.12. The molecule has 9 heteroatoms. The van der Waals surface area contributed by atoms with Crippen molar-refractivity contribution in [2.45, 2.75) is 31.9 Å². The molecular weight excluding hydrogens is 438 g/mol. The Morgan fingerprint density at radius 3 is 2.77 bits per heavy atom. The summed E-state index contributed by atoms with van der Waals surface area (Å²) in [6, 6.07) is 9.99. The number of thiocarbonyl (C=S) groups is 1. The molecule has 0 saturated carbocycles. The fraction of sp³-hybridized carbons (Fsp3) is 0.381. The third-order valence-electron chi connectivity index (χ3n) is 4.79. The molecule has 1 aliphatic carbocycles. The third kappa shape index (κ3) is 5.96. The number of thiophene rings is 1. The van der Waals surface area contributed by atoms with Gasteiger partial charge in [-0.25, -0.2) is 4.79 Å². The van der Waals surface area contributed by atoms with Crippen LogP contribution in [-0.2, 0) is 28.1 Å². The maximum atomic E-state index is 12.3. The van der Waals surface area contributed by atoms with Crippen LogP contribution in [0.3, 0.4) is 0 Å². The van der Waals surface area contributed by atoms with Gasteiger partial charge in [0.05, 0.1) is 18.4 Å². The molecule has 1 heterocycles. The van der Waals surface area contributed by atoms with Gasteiger partial charge >= 0.3 is 5.97 Å². The van der Waals surface area contributed by atoms with Crippen molar-refractivity contribution in [3.63, 3.8) is 0 Å². The van der Waals surface area contributed by atoms with Crippen LogP contribution in [0.1, 0.15) is 39.7 Å². The molecule has 1 aliphatic rings. The van der Waals surface area contributed by atoms with Crippen molar-refractivity contribution < 1.29 is 14.3 Å². The number of ether oxygens (including phenoxy) is 1. The van der Waals surface area contributed by atoms with Crippen molar-refractivity contribution >= 4 is 57.3 Å². The first kappa shape index (κ1) is 22.6. The number of carbonyl (C=O) groups excluding carboxylic acids is 2. The fourth-order valence-electron chi connectivity index (χ4n) is 3.29. The lowest BCUT2D eigenvalue weighted by Gasteiger charge is -2.18. The molecule has 1 atom stereocenters. The molecule has 1 amide bonds. The van der Waals surface area contributed by atoms with Crippen LogP contribution in [0.2, 0.25) is 0 Å². The van der Waals surface area contributed by atoms with Crippen molar-refractivity contribution in [2.75, 3.05) is 18.2 Å². The number of methoxy groups -OCH3 is 1. The van der Waals surface area contributed by atoms with Crippen LogP contribution >= 0.6 is 35.3 Å². The SMILES string of the molecule is COC(=O)c1c(NC(=S)NNC(=O)CSCc2ccccc2)sc2c1CCC(C)C2. The van der Waals surface area contributed by atoms with E-state index in [4.69, 9.17) is 17.0 Å². The van der Waals surface area contributed by atoms with Gasteiger partial charge < -0.3 is 10.1 Å². The molecule has 0 bridgehead atoms. The summed E-state index contributed by atoms with van der Waals surface area (Å²) in [5.41, 5.74) is 8.09. The Morgan fingerprint density at radius 1 is 1.27 bits per heavy atom. The average molecular weight is 464 g/mol.